The third kappa shape index (κ3) is 4.82. The van der Waals surface area contributed by atoms with E-state index >= 15 is 0 Å². The van der Waals surface area contributed by atoms with Crippen molar-refractivity contribution < 1.29 is 18.8 Å². The molecule has 1 saturated heterocycles. The molecule has 0 spiro atoms. The van der Waals surface area contributed by atoms with Gasteiger partial charge in [-0.15, -0.1) is 0 Å². The summed E-state index contributed by atoms with van der Waals surface area (Å²) >= 11 is 0. The van der Waals surface area contributed by atoms with E-state index in [-0.39, 0.29) is 12.0 Å². The van der Waals surface area contributed by atoms with Gasteiger partial charge in [0, 0.05) is 0 Å². The van der Waals surface area contributed by atoms with E-state index in [0.717, 1.165) is 12.8 Å². The van der Waals surface area contributed by atoms with Gasteiger partial charge in [0.25, 0.3) is 0 Å². The van der Waals surface area contributed by atoms with Gasteiger partial charge in [-0.1, -0.05) is 45.4 Å². The first kappa shape index (κ1) is 16.0. The molecule has 0 saturated carbocycles. The van der Waals surface area contributed by atoms with E-state index in [1.807, 2.05) is 0 Å². The standard InChI is InChI=1S/C15H23NO5/c1-2-3-4-5-6-7-8-12-11-19-15(20-12)13-9-10-14(21-13)16(17)18/h9-10,12,15H,2-8,11H2,1H3. The van der Waals surface area contributed by atoms with Gasteiger partial charge in [-0.3, -0.25) is 10.1 Å². The van der Waals surface area contributed by atoms with Gasteiger partial charge < -0.3 is 13.9 Å². The monoisotopic (exact) mass is 297 g/mol. The molecule has 1 fully saturated rings. The summed E-state index contributed by atoms with van der Waals surface area (Å²) in [6.45, 7) is 2.73. The maximum Gasteiger partial charge on any atom is 0.433 e. The third-order valence-corrected chi connectivity index (χ3v) is 3.65. The van der Waals surface area contributed by atoms with Gasteiger partial charge in [0.05, 0.1) is 18.8 Å². The molecule has 2 rings (SSSR count). The van der Waals surface area contributed by atoms with E-state index in [4.69, 9.17) is 13.9 Å². The van der Waals surface area contributed by atoms with Gasteiger partial charge in [-0.25, -0.2) is 0 Å². The predicted octanol–water partition coefficient (Wildman–Crippen LogP) is 4.35. The van der Waals surface area contributed by atoms with Crippen molar-refractivity contribution in [3.05, 3.63) is 28.0 Å². The highest BCUT2D eigenvalue weighted by atomic mass is 16.7. The van der Waals surface area contributed by atoms with Gasteiger partial charge in [-0.2, -0.15) is 0 Å². The molecule has 0 amide bonds. The first-order chi connectivity index (χ1) is 10.2. The van der Waals surface area contributed by atoms with E-state index in [1.165, 1.54) is 44.2 Å². The van der Waals surface area contributed by atoms with Crippen LogP contribution in [0, 0.1) is 10.1 Å². The summed E-state index contributed by atoms with van der Waals surface area (Å²) in [5.41, 5.74) is 0. The van der Waals surface area contributed by atoms with Crippen LogP contribution in [0.2, 0.25) is 0 Å². The minimum atomic E-state index is -0.608. The number of nitro groups is 1. The van der Waals surface area contributed by atoms with Crippen molar-refractivity contribution in [1.82, 2.24) is 0 Å². The summed E-state index contributed by atoms with van der Waals surface area (Å²) in [5.74, 6) is 0.0868. The molecule has 2 atom stereocenters. The Hall–Kier alpha value is -1.40. The number of nitrogens with zero attached hydrogens (tertiary/aromatic N) is 1. The van der Waals surface area contributed by atoms with Crippen LogP contribution in [0.1, 0.15) is 63.9 Å². The lowest BCUT2D eigenvalue weighted by Gasteiger charge is -2.09. The first-order valence-corrected chi connectivity index (χ1v) is 7.72. The zero-order valence-electron chi connectivity index (χ0n) is 12.5. The lowest BCUT2D eigenvalue weighted by atomic mass is 10.1. The minimum absolute atomic E-state index is 0.0605. The van der Waals surface area contributed by atoms with Crippen LogP contribution in [0.3, 0.4) is 0 Å². The molecule has 6 heteroatoms. The van der Waals surface area contributed by atoms with Crippen LogP contribution in [-0.2, 0) is 9.47 Å². The van der Waals surface area contributed by atoms with E-state index in [1.54, 1.807) is 0 Å². The largest absolute Gasteiger partial charge is 0.433 e. The molecule has 1 aliphatic rings. The average Bonchev–Trinajstić information content (AvgIpc) is 3.11. The molecule has 1 aromatic rings. The molecule has 0 N–H and O–H groups in total. The Morgan fingerprint density at radius 1 is 1.24 bits per heavy atom. The number of hydrogen-bond donors (Lipinski definition) is 0. The van der Waals surface area contributed by atoms with Crippen molar-refractivity contribution >= 4 is 5.88 Å². The molecule has 2 heterocycles. The molecule has 0 aliphatic carbocycles. The van der Waals surface area contributed by atoms with E-state index in [0.29, 0.717) is 12.4 Å². The number of furan rings is 1. The van der Waals surface area contributed by atoms with Crippen molar-refractivity contribution in [3.63, 3.8) is 0 Å². The van der Waals surface area contributed by atoms with Gasteiger partial charge in [-0.05, 0) is 12.5 Å². The lowest BCUT2D eigenvalue weighted by Crippen LogP contribution is -2.09. The van der Waals surface area contributed by atoms with E-state index in [9.17, 15) is 10.1 Å². The SMILES string of the molecule is CCCCCCCCC1COC(c2ccc([N+](=O)[O-])o2)O1. The van der Waals surface area contributed by atoms with Crippen LogP contribution in [0.15, 0.2) is 16.5 Å². The Balaban J connectivity index is 1.67. The Labute approximate surface area is 124 Å². The number of hydrogen-bond acceptors (Lipinski definition) is 5. The average molecular weight is 297 g/mol. The second kappa shape index (κ2) is 8.14. The zero-order chi connectivity index (χ0) is 15.1. The fourth-order valence-electron chi connectivity index (χ4n) is 2.47. The van der Waals surface area contributed by atoms with E-state index < -0.39 is 11.2 Å². The van der Waals surface area contributed by atoms with Crippen molar-refractivity contribution in [1.29, 1.82) is 0 Å². The Kier molecular flexibility index (Phi) is 6.20. The Bertz CT molecular complexity index is 445. The summed E-state index contributed by atoms with van der Waals surface area (Å²) in [6.07, 6.45) is 7.91. The molecular weight excluding hydrogens is 274 g/mol. The molecular formula is C15H23NO5. The maximum atomic E-state index is 10.6. The third-order valence-electron chi connectivity index (χ3n) is 3.65. The van der Waals surface area contributed by atoms with Crippen molar-refractivity contribution in [2.45, 2.75) is 64.3 Å². The maximum absolute atomic E-state index is 10.6. The summed E-state index contributed by atoms with van der Waals surface area (Å²) in [6, 6.07) is 2.86. The summed E-state index contributed by atoms with van der Waals surface area (Å²) in [7, 11) is 0. The Morgan fingerprint density at radius 3 is 2.71 bits per heavy atom. The topological polar surface area (TPSA) is 74.7 Å². The first-order valence-electron chi connectivity index (χ1n) is 7.72. The molecule has 0 bridgehead atoms. The van der Waals surface area contributed by atoms with Crippen LogP contribution in [0.5, 0.6) is 0 Å². The number of rotatable bonds is 9. The summed E-state index contributed by atoms with van der Waals surface area (Å²) in [5, 5.41) is 10.6. The smallest absolute Gasteiger partial charge is 0.400 e. The van der Waals surface area contributed by atoms with Crippen molar-refractivity contribution in [3.8, 4) is 0 Å². The lowest BCUT2D eigenvalue weighted by molar-refractivity contribution is -0.402. The highest BCUT2D eigenvalue weighted by molar-refractivity contribution is 5.18. The van der Waals surface area contributed by atoms with Crippen molar-refractivity contribution in [2.24, 2.45) is 0 Å². The van der Waals surface area contributed by atoms with Gasteiger partial charge in [0.15, 0.2) is 5.76 Å². The van der Waals surface area contributed by atoms with Crippen LogP contribution < -0.4 is 0 Å². The van der Waals surface area contributed by atoms with E-state index in [2.05, 4.69) is 6.92 Å². The number of ether oxygens (including phenoxy) is 2. The molecule has 1 aliphatic heterocycles. The summed E-state index contributed by atoms with van der Waals surface area (Å²) in [4.78, 5) is 10.0. The zero-order valence-corrected chi connectivity index (χ0v) is 12.5. The number of unbranched alkanes of at least 4 members (excludes halogenated alkanes) is 5. The van der Waals surface area contributed by atoms with Crippen molar-refractivity contribution in [2.75, 3.05) is 6.61 Å². The van der Waals surface area contributed by atoms with Crippen LogP contribution in [-0.4, -0.2) is 17.6 Å². The van der Waals surface area contributed by atoms with Gasteiger partial charge in [0.1, 0.15) is 4.92 Å². The molecule has 1 aromatic heterocycles. The fraction of sp³-hybridized carbons (Fsp3) is 0.733. The highest BCUT2D eigenvalue weighted by Gasteiger charge is 2.30. The quantitative estimate of drug-likeness (QED) is 0.385. The van der Waals surface area contributed by atoms with Crippen LogP contribution in [0.25, 0.3) is 0 Å². The summed E-state index contributed by atoms with van der Waals surface area (Å²) < 4.78 is 16.3. The molecule has 0 aromatic carbocycles. The van der Waals surface area contributed by atoms with Crippen LogP contribution in [0.4, 0.5) is 5.88 Å². The molecule has 6 nitrogen and oxygen atoms in total. The molecule has 2 unspecified atom stereocenters. The van der Waals surface area contributed by atoms with Gasteiger partial charge in [0.2, 0.25) is 6.29 Å². The predicted molar refractivity (Wildman–Crippen MR) is 76.9 cm³/mol. The minimum Gasteiger partial charge on any atom is -0.400 e. The fourth-order valence-corrected chi connectivity index (χ4v) is 2.47. The Morgan fingerprint density at radius 2 is 2.00 bits per heavy atom. The molecule has 0 radical (unpaired) electrons. The normalized spacial score (nSPS) is 21.8. The second-order valence-corrected chi connectivity index (χ2v) is 5.41. The molecule has 21 heavy (non-hydrogen) atoms. The molecule has 118 valence electrons. The second-order valence-electron chi connectivity index (χ2n) is 5.41. The van der Waals surface area contributed by atoms with Gasteiger partial charge >= 0.3 is 5.88 Å². The van der Waals surface area contributed by atoms with Crippen LogP contribution >= 0.6 is 0 Å². The highest BCUT2D eigenvalue weighted by Crippen LogP contribution is 2.31.